The second-order valence-corrected chi connectivity index (χ2v) is 14.6. The number of hydrogen-bond donors (Lipinski definition) is 0. The fraction of sp³-hybridized carbons (Fsp3) is 0.787. The molecule has 0 N–H and O–H groups in total. The number of ether oxygens (including phenoxy) is 3. The van der Waals surface area contributed by atoms with E-state index < -0.39 is 6.10 Å². The van der Waals surface area contributed by atoms with E-state index in [1.807, 2.05) is 0 Å². The molecule has 0 aromatic heterocycles. The second kappa shape index (κ2) is 43.3. The summed E-state index contributed by atoms with van der Waals surface area (Å²) in [5.74, 6) is -0.420. The smallest absolute Gasteiger partial charge is 0.306 e. The molecular weight excluding hydrogens is 645 g/mol. The summed E-state index contributed by atoms with van der Waals surface area (Å²) >= 11 is 0. The Labute approximate surface area is 322 Å². The number of rotatable bonds is 40. The summed E-state index contributed by atoms with van der Waals surface area (Å²) in [6.45, 7) is 7.65. The normalized spacial score (nSPS) is 12.6. The van der Waals surface area contributed by atoms with Crippen molar-refractivity contribution < 1.29 is 23.8 Å². The zero-order valence-corrected chi connectivity index (χ0v) is 34.6. The first-order chi connectivity index (χ1) is 25.6. The molecule has 0 aliphatic rings. The van der Waals surface area contributed by atoms with Crippen molar-refractivity contribution in [3.8, 4) is 0 Å². The van der Waals surface area contributed by atoms with E-state index in [0.29, 0.717) is 19.4 Å². The van der Waals surface area contributed by atoms with E-state index >= 15 is 0 Å². The van der Waals surface area contributed by atoms with E-state index in [-0.39, 0.29) is 25.2 Å². The van der Waals surface area contributed by atoms with E-state index in [2.05, 4.69) is 69.4 Å². The van der Waals surface area contributed by atoms with Crippen molar-refractivity contribution >= 4 is 11.9 Å². The molecule has 5 heteroatoms. The molecule has 52 heavy (non-hydrogen) atoms. The van der Waals surface area contributed by atoms with Crippen molar-refractivity contribution in [3.05, 3.63) is 48.6 Å². The maximum Gasteiger partial charge on any atom is 0.306 e. The van der Waals surface area contributed by atoms with Crippen LogP contribution < -0.4 is 0 Å². The lowest BCUT2D eigenvalue weighted by atomic mass is 10.1. The van der Waals surface area contributed by atoms with Gasteiger partial charge >= 0.3 is 11.9 Å². The predicted octanol–water partition coefficient (Wildman–Crippen LogP) is 14.4. The third-order valence-corrected chi connectivity index (χ3v) is 9.35. The highest BCUT2D eigenvalue weighted by Gasteiger charge is 2.17. The van der Waals surface area contributed by atoms with Gasteiger partial charge in [-0.15, -0.1) is 0 Å². The van der Waals surface area contributed by atoms with Gasteiger partial charge in [0.2, 0.25) is 0 Å². The van der Waals surface area contributed by atoms with Crippen molar-refractivity contribution in [3.63, 3.8) is 0 Å². The number of hydrogen-bond acceptors (Lipinski definition) is 5. The molecule has 0 saturated carbocycles. The van der Waals surface area contributed by atoms with Gasteiger partial charge in [-0.3, -0.25) is 9.59 Å². The van der Waals surface area contributed by atoms with Crippen LogP contribution in [0.3, 0.4) is 0 Å². The van der Waals surface area contributed by atoms with Crippen molar-refractivity contribution in [1.29, 1.82) is 0 Å². The summed E-state index contributed by atoms with van der Waals surface area (Å²) < 4.78 is 17.2. The summed E-state index contributed by atoms with van der Waals surface area (Å²) in [6.07, 6.45) is 51.1. The molecule has 0 rings (SSSR count). The maximum absolute atomic E-state index is 12.6. The van der Waals surface area contributed by atoms with Crippen LogP contribution in [0.4, 0.5) is 0 Å². The van der Waals surface area contributed by atoms with Gasteiger partial charge in [0.05, 0.1) is 6.61 Å². The first kappa shape index (κ1) is 49.9. The van der Waals surface area contributed by atoms with E-state index in [1.165, 1.54) is 96.3 Å². The number of esters is 2. The van der Waals surface area contributed by atoms with Crippen LogP contribution in [0.15, 0.2) is 48.6 Å². The fourth-order valence-electron chi connectivity index (χ4n) is 6.05. The molecule has 0 heterocycles. The zero-order chi connectivity index (χ0) is 37.8. The monoisotopic (exact) mass is 729 g/mol. The van der Waals surface area contributed by atoms with Gasteiger partial charge in [-0.1, -0.05) is 172 Å². The quantitative estimate of drug-likeness (QED) is 0.0357. The molecule has 5 nitrogen and oxygen atoms in total. The average Bonchev–Trinajstić information content (AvgIpc) is 3.14. The highest BCUT2D eigenvalue weighted by Crippen LogP contribution is 2.13. The molecule has 0 bridgehead atoms. The molecular formula is C47H84O5. The molecule has 302 valence electrons. The van der Waals surface area contributed by atoms with Crippen LogP contribution in [-0.4, -0.2) is 37.9 Å². The van der Waals surface area contributed by atoms with E-state index in [0.717, 1.165) is 83.5 Å². The van der Waals surface area contributed by atoms with Crippen molar-refractivity contribution in [2.45, 2.75) is 219 Å². The van der Waals surface area contributed by atoms with Crippen LogP contribution >= 0.6 is 0 Å². The predicted molar refractivity (Wildman–Crippen MR) is 224 cm³/mol. The van der Waals surface area contributed by atoms with Gasteiger partial charge in [0.25, 0.3) is 0 Å². The van der Waals surface area contributed by atoms with Gasteiger partial charge in [0.1, 0.15) is 6.61 Å². The molecule has 0 aromatic rings. The molecule has 0 spiro atoms. The summed E-state index contributed by atoms with van der Waals surface area (Å²) in [4.78, 5) is 25.1. The summed E-state index contributed by atoms with van der Waals surface area (Å²) in [6, 6.07) is 0. The van der Waals surface area contributed by atoms with Crippen LogP contribution in [0.5, 0.6) is 0 Å². The Hall–Kier alpha value is -2.14. The first-order valence-electron chi connectivity index (χ1n) is 22.2. The van der Waals surface area contributed by atoms with Crippen LogP contribution in [0, 0.1) is 0 Å². The maximum atomic E-state index is 12.6. The largest absolute Gasteiger partial charge is 0.462 e. The number of allylic oxidation sites excluding steroid dienone is 8. The van der Waals surface area contributed by atoms with Gasteiger partial charge in [0, 0.05) is 19.4 Å². The SMILES string of the molecule is CC/C=C\C/C=C\C/C=C\CCCCCCCCCC(=O)OCC(COCCCCCCCC)OC(=O)CCCCCCC/C=C\CCCCCC. The van der Waals surface area contributed by atoms with E-state index in [4.69, 9.17) is 14.2 Å². The lowest BCUT2D eigenvalue weighted by Crippen LogP contribution is -2.30. The highest BCUT2D eigenvalue weighted by molar-refractivity contribution is 5.70. The molecule has 0 aliphatic carbocycles. The van der Waals surface area contributed by atoms with Crippen molar-refractivity contribution in [2.24, 2.45) is 0 Å². The Bertz CT molecular complexity index is 873. The van der Waals surface area contributed by atoms with Gasteiger partial charge in [-0.2, -0.15) is 0 Å². The van der Waals surface area contributed by atoms with Crippen LogP contribution in [0.25, 0.3) is 0 Å². The Kier molecular flexibility index (Phi) is 41.5. The molecule has 0 amide bonds. The number of carbonyl (C=O) groups is 2. The molecule has 0 fully saturated rings. The molecule has 1 unspecified atom stereocenters. The van der Waals surface area contributed by atoms with Gasteiger partial charge in [-0.25, -0.2) is 0 Å². The highest BCUT2D eigenvalue weighted by atomic mass is 16.6. The second-order valence-electron chi connectivity index (χ2n) is 14.6. The van der Waals surface area contributed by atoms with Crippen LogP contribution in [0.1, 0.15) is 213 Å². The minimum atomic E-state index is -0.537. The number of unbranched alkanes of at least 4 members (excludes halogenated alkanes) is 21. The first-order valence-corrected chi connectivity index (χ1v) is 22.2. The Morgan fingerprint density at radius 2 is 0.865 bits per heavy atom. The topological polar surface area (TPSA) is 61.8 Å². The molecule has 0 aromatic carbocycles. The molecule has 0 saturated heterocycles. The third kappa shape index (κ3) is 40.6. The van der Waals surface area contributed by atoms with Crippen molar-refractivity contribution in [2.75, 3.05) is 19.8 Å². The minimum Gasteiger partial charge on any atom is -0.462 e. The third-order valence-electron chi connectivity index (χ3n) is 9.35. The van der Waals surface area contributed by atoms with Crippen LogP contribution in [0.2, 0.25) is 0 Å². The Morgan fingerprint density at radius 1 is 0.442 bits per heavy atom. The summed E-state index contributed by atoms with van der Waals surface area (Å²) in [7, 11) is 0. The lowest BCUT2D eigenvalue weighted by Gasteiger charge is -2.18. The minimum absolute atomic E-state index is 0.0776. The van der Waals surface area contributed by atoms with Gasteiger partial charge in [0.15, 0.2) is 6.10 Å². The summed E-state index contributed by atoms with van der Waals surface area (Å²) in [5, 5.41) is 0. The van der Waals surface area contributed by atoms with Gasteiger partial charge < -0.3 is 14.2 Å². The van der Waals surface area contributed by atoms with E-state index in [1.54, 1.807) is 0 Å². The number of carbonyl (C=O) groups excluding carboxylic acids is 2. The fourth-order valence-corrected chi connectivity index (χ4v) is 6.05. The molecule has 1 atom stereocenters. The Morgan fingerprint density at radius 3 is 1.42 bits per heavy atom. The molecule has 0 radical (unpaired) electrons. The summed E-state index contributed by atoms with van der Waals surface area (Å²) in [5.41, 5.74) is 0. The Balaban J connectivity index is 4.14. The van der Waals surface area contributed by atoms with Gasteiger partial charge in [-0.05, 0) is 77.0 Å². The van der Waals surface area contributed by atoms with Crippen molar-refractivity contribution in [1.82, 2.24) is 0 Å². The average molecular weight is 729 g/mol. The zero-order valence-electron chi connectivity index (χ0n) is 34.6. The standard InChI is InChI=1S/C47H84O5/c1-4-7-10-13-16-18-20-22-23-24-25-27-28-30-32-34-37-40-46(48)51-44-45(43-50-42-39-36-15-12-9-6-3)52-47(49)41-38-35-33-31-29-26-21-19-17-14-11-8-5-2/h7,10,16,18-19,21-23,45H,4-6,8-9,11-15,17,20,24-44H2,1-3H3/b10-7-,18-16-,21-19-,23-22-. The van der Waals surface area contributed by atoms with E-state index in [9.17, 15) is 9.59 Å². The molecule has 0 aliphatic heterocycles. The van der Waals surface area contributed by atoms with Crippen LogP contribution in [-0.2, 0) is 23.8 Å². The lowest BCUT2D eigenvalue weighted by molar-refractivity contribution is -0.163.